The fraction of sp³-hybridized carbons (Fsp3) is 0.294. The van der Waals surface area contributed by atoms with E-state index in [0.29, 0.717) is 36.6 Å². The number of anilines is 1. The maximum absolute atomic E-state index is 12.5. The Hall–Kier alpha value is -2.76. The van der Waals surface area contributed by atoms with Crippen molar-refractivity contribution in [2.75, 3.05) is 12.4 Å². The molecule has 0 unspecified atom stereocenters. The summed E-state index contributed by atoms with van der Waals surface area (Å²) in [5.74, 6) is 1.10. The first-order chi connectivity index (χ1) is 11.2. The third-order valence-electron chi connectivity index (χ3n) is 3.87. The molecule has 0 aliphatic carbocycles. The Morgan fingerprint density at radius 1 is 1.39 bits per heavy atom. The highest BCUT2D eigenvalue weighted by Crippen LogP contribution is 2.24. The first-order valence-electron chi connectivity index (χ1n) is 7.44. The monoisotopic (exact) mass is 314 g/mol. The molecule has 0 saturated carbocycles. The molecule has 2 amide bonds. The highest BCUT2D eigenvalue weighted by atomic mass is 16.5. The highest BCUT2D eigenvalue weighted by Gasteiger charge is 2.36. The van der Waals surface area contributed by atoms with Crippen molar-refractivity contribution in [2.45, 2.75) is 25.4 Å². The standard InChI is InChI=1S/C17H18N2O4/c1-22-13-5-2-4-12(10-13)18-17(21)15-7-8-16(20)19(15)11-14-6-3-9-23-14/h2-6,9-10,15H,7-8,11H2,1H3,(H,18,21)/t15-/m0/s1. The van der Waals surface area contributed by atoms with Crippen LogP contribution in [0.5, 0.6) is 5.75 Å². The molecule has 120 valence electrons. The molecule has 2 aromatic rings. The van der Waals surface area contributed by atoms with E-state index in [9.17, 15) is 9.59 Å². The van der Waals surface area contributed by atoms with Crippen LogP contribution in [-0.4, -0.2) is 29.9 Å². The average molecular weight is 314 g/mol. The van der Waals surface area contributed by atoms with Crippen LogP contribution in [0, 0.1) is 0 Å². The SMILES string of the molecule is COc1cccc(NC(=O)[C@@H]2CCC(=O)N2Cc2ccco2)c1. The molecule has 1 aliphatic heterocycles. The van der Waals surface area contributed by atoms with Gasteiger partial charge in [-0.3, -0.25) is 9.59 Å². The Labute approximate surface area is 134 Å². The van der Waals surface area contributed by atoms with Gasteiger partial charge in [0.15, 0.2) is 0 Å². The topological polar surface area (TPSA) is 71.8 Å². The molecule has 0 radical (unpaired) electrons. The molecule has 0 bridgehead atoms. The minimum Gasteiger partial charge on any atom is -0.497 e. The first-order valence-corrected chi connectivity index (χ1v) is 7.44. The molecular weight excluding hydrogens is 296 g/mol. The molecule has 1 aromatic carbocycles. The number of amides is 2. The molecule has 23 heavy (non-hydrogen) atoms. The van der Waals surface area contributed by atoms with Gasteiger partial charge in [0.25, 0.3) is 0 Å². The lowest BCUT2D eigenvalue weighted by Crippen LogP contribution is -2.41. The lowest BCUT2D eigenvalue weighted by atomic mass is 10.2. The van der Waals surface area contributed by atoms with Gasteiger partial charge in [0, 0.05) is 18.2 Å². The van der Waals surface area contributed by atoms with Crippen LogP contribution in [0.3, 0.4) is 0 Å². The second kappa shape index (κ2) is 6.56. The predicted molar refractivity (Wildman–Crippen MR) is 83.9 cm³/mol. The average Bonchev–Trinajstić information content (AvgIpc) is 3.19. The van der Waals surface area contributed by atoms with Crippen LogP contribution in [0.2, 0.25) is 0 Å². The Bertz CT molecular complexity index is 696. The van der Waals surface area contributed by atoms with Gasteiger partial charge < -0.3 is 19.4 Å². The largest absolute Gasteiger partial charge is 0.497 e. The normalized spacial score (nSPS) is 17.3. The first kappa shape index (κ1) is 15.1. The van der Waals surface area contributed by atoms with Crippen LogP contribution in [0.4, 0.5) is 5.69 Å². The summed E-state index contributed by atoms with van der Waals surface area (Å²) < 4.78 is 10.4. The minimum absolute atomic E-state index is 0.0350. The fourth-order valence-corrected chi connectivity index (χ4v) is 2.70. The summed E-state index contributed by atoms with van der Waals surface area (Å²) in [6.45, 7) is 0.308. The van der Waals surface area contributed by atoms with E-state index in [1.165, 1.54) is 0 Å². The van der Waals surface area contributed by atoms with E-state index in [-0.39, 0.29) is 11.8 Å². The highest BCUT2D eigenvalue weighted by molar-refractivity contribution is 5.99. The van der Waals surface area contributed by atoms with Crippen LogP contribution in [0.15, 0.2) is 47.1 Å². The zero-order valence-electron chi connectivity index (χ0n) is 12.8. The third kappa shape index (κ3) is 3.36. The summed E-state index contributed by atoms with van der Waals surface area (Å²) in [5.41, 5.74) is 0.645. The fourth-order valence-electron chi connectivity index (χ4n) is 2.70. The van der Waals surface area contributed by atoms with E-state index >= 15 is 0 Å². The molecule has 0 spiro atoms. The number of benzene rings is 1. The lowest BCUT2D eigenvalue weighted by molar-refractivity contribution is -0.134. The van der Waals surface area contributed by atoms with Crippen LogP contribution >= 0.6 is 0 Å². The number of carbonyl (C=O) groups excluding carboxylic acids is 2. The van der Waals surface area contributed by atoms with Crippen LogP contribution in [0.1, 0.15) is 18.6 Å². The van der Waals surface area contributed by atoms with Crippen molar-refractivity contribution in [1.29, 1.82) is 0 Å². The number of carbonyl (C=O) groups is 2. The molecule has 1 atom stereocenters. The van der Waals surface area contributed by atoms with Crippen molar-refractivity contribution >= 4 is 17.5 Å². The minimum atomic E-state index is -0.487. The van der Waals surface area contributed by atoms with Crippen molar-refractivity contribution in [1.82, 2.24) is 4.90 Å². The van der Waals surface area contributed by atoms with Crippen LogP contribution in [0.25, 0.3) is 0 Å². The van der Waals surface area contributed by atoms with Crippen LogP contribution < -0.4 is 10.1 Å². The van der Waals surface area contributed by atoms with Gasteiger partial charge in [-0.2, -0.15) is 0 Å². The molecule has 2 heterocycles. The molecule has 1 aromatic heterocycles. The Kier molecular flexibility index (Phi) is 4.32. The third-order valence-corrected chi connectivity index (χ3v) is 3.87. The summed E-state index contributed by atoms with van der Waals surface area (Å²) in [5, 5.41) is 2.85. The van der Waals surface area contributed by atoms with Crippen molar-refractivity contribution in [3.63, 3.8) is 0 Å². The summed E-state index contributed by atoms with van der Waals surface area (Å²) in [7, 11) is 1.57. The summed E-state index contributed by atoms with van der Waals surface area (Å²) >= 11 is 0. The quantitative estimate of drug-likeness (QED) is 0.920. The number of hydrogen-bond donors (Lipinski definition) is 1. The van der Waals surface area contributed by atoms with E-state index in [1.807, 2.05) is 0 Å². The van der Waals surface area contributed by atoms with Crippen molar-refractivity contribution < 1.29 is 18.7 Å². The number of nitrogens with one attached hydrogen (secondary N) is 1. The van der Waals surface area contributed by atoms with E-state index in [2.05, 4.69) is 5.32 Å². The zero-order chi connectivity index (χ0) is 16.2. The number of hydrogen-bond acceptors (Lipinski definition) is 4. The van der Waals surface area contributed by atoms with Gasteiger partial charge in [0.1, 0.15) is 17.6 Å². The lowest BCUT2D eigenvalue weighted by Gasteiger charge is -2.23. The van der Waals surface area contributed by atoms with Gasteiger partial charge >= 0.3 is 0 Å². The summed E-state index contributed by atoms with van der Waals surface area (Å²) in [6, 6.07) is 10.2. The number of furan rings is 1. The number of rotatable bonds is 5. The predicted octanol–water partition coefficient (Wildman–Crippen LogP) is 2.42. The Morgan fingerprint density at radius 3 is 3.00 bits per heavy atom. The number of ether oxygens (including phenoxy) is 1. The van der Waals surface area contributed by atoms with Crippen molar-refractivity contribution in [2.24, 2.45) is 0 Å². The molecule has 1 saturated heterocycles. The van der Waals surface area contributed by atoms with Gasteiger partial charge in [-0.1, -0.05) is 6.07 Å². The second-order valence-electron chi connectivity index (χ2n) is 5.38. The molecule has 1 N–H and O–H groups in total. The number of likely N-dealkylation sites (tertiary alicyclic amines) is 1. The Morgan fingerprint density at radius 2 is 2.26 bits per heavy atom. The molecule has 6 heteroatoms. The Balaban J connectivity index is 1.71. The smallest absolute Gasteiger partial charge is 0.247 e. The van der Waals surface area contributed by atoms with Crippen molar-refractivity contribution in [3.05, 3.63) is 48.4 Å². The molecule has 1 fully saturated rings. The second-order valence-corrected chi connectivity index (χ2v) is 5.38. The van der Waals surface area contributed by atoms with Crippen molar-refractivity contribution in [3.8, 4) is 5.75 Å². The van der Waals surface area contributed by atoms with Gasteiger partial charge in [0.05, 0.1) is 19.9 Å². The van der Waals surface area contributed by atoms with E-state index < -0.39 is 6.04 Å². The van der Waals surface area contributed by atoms with E-state index in [1.54, 1.807) is 54.7 Å². The molecular formula is C17H18N2O4. The summed E-state index contributed by atoms with van der Waals surface area (Å²) in [4.78, 5) is 26.1. The van der Waals surface area contributed by atoms with Gasteiger partial charge in [-0.25, -0.2) is 0 Å². The molecule has 3 rings (SSSR count). The molecule has 1 aliphatic rings. The van der Waals surface area contributed by atoms with Gasteiger partial charge in [-0.15, -0.1) is 0 Å². The molecule has 6 nitrogen and oxygen atoms in total. The van der Waals surface area contributed by atoms with Gasteiger partial charge in [0.2, 0.25) is 11.8 Å². The van der Waals surface area contributed by atoms with E-state index in [0.717, 1.165) is 0 Å². The number of nitrogens with zero attached hydrogens (tertiary/aromatic N) is 1. The zero-order valence-corrected chi connectivity index (χ0v) is 12.8. The van der Waals surface area contributed by atoms with E-state index in [4.69, 9.17) is 9.15 Å². The van der Waals surface area contributed by atoms with Crippen LogP contribution in [-0.2, 0) is 16.1 Å². The maximum atomic E-state index is 12.5. The summed E-state index contributed by atoms with van der Waals surface area (Å²) in [6.07, 6.45) is 2.44. The maximum Gasteiger partial charge on any atom is 0.247 e. The number of methoxy groups -OCH3 is 1. The van der Waals surface area contributed by atoms with Gasteiger partial charge in [-0.05, 0) is 30.7 Å².